The summed E-state index contributed by atoms with van der Waals surface area (Å²) in [5, 5.41) is 0. The summed E-state index contributed by atoms with van der Waals surface area (Å²) in [5.41, 5.74) is 11.6. The normalized spacial score (nSPS) is 35.3. The van der Waals surface area contributed by atoms with Crippen LogP contribution in [0.2, 0.25) is 0 Å². The van der Waals surface area contributed by atoms with Gasteiger partial charge in [-0.05, 0) is 43.9 Å². The fourth-order valence-electron chi connectivity index (χ4n) is 5.07. The number of guanidine groups is 1. The number of aliphatic imine (C=N–C) groups is 1. The zero-order valence-corrected chi connectivity index (χ0v) is 15.2. The molecular weight excluding hydrogens is 300 g/mol. The molecule has 3 aliphatic rings. The van der Waals surface area contributed by atoms with Crippen LogP contribution in [0, 0.1) is 11.8 Å². The number of likely N-dealkylation sites (N-methyl/N-ethyl adjacent to an activating group) is 1. The van der Waals surface area contributed by atoms with Crippen LogP contribution in [-0.4, -0.2) is 35.4 Å². The molecule has 24 heavy (non-hydrogen) atoms. The van der Waals surface area contributed by atoms with E-state index in [1.54, 1.807) is 11.9 Å². The summed E-state index contributed by atoms with van der Waals surface area (Å²) < 4.78 is 0. The van der Waals surface area contributed by atoms with E-state index in [9.17, 15) is 4.79 Å². The summed E-state index contributed by atoms with van der Waals surface area (Å²) in [7, 11) is 1.76. The predicted molar refractivity (Wildman–Crippen MR) is 97.5 cm³/mol. The van der Waals surface area contributed by atoms with Gasteiger partial charge in [-0.2, -0.15) is 0 Å². The van der Waals surface area contributed by atoms with Crippen molar-refractivity contribution in [3.05, 3.63) is 0 Å². The third kappa shape index (κ3) is 3.76. The average molecular weight is 335 g/mol. The number of carbonyl (C=O) groups excluding carboxylic acids is 1. The largest absolute Gasteiger partial charge is 0.369 e. The summed E-state index contributed by atoms with van der Waals surface area (Å²) in [6.07, 6.45) is 14.0. The van der Waals surface area contributed by atoms with Gasteiger partial charge in [0.1, 0.15) is 5.54 Å². The Morgan fingerprint density at radius 3 is 2.46 bits per heavy atom. The highest BCUT2D eigenvalue weighted by molar-refractivity contribution is 6.06. The molecule has 0 aromatic rings. The van der Waals surface area contributed by atoms with E-state index in [1.165, 1.54) is 44.9 Å². The molecule has 0 spiro atoms. The van der Waals surface area contributed by atoms with Crippen LogP contribution in [0.4, 0.5) is 0 Å². The lowest BCUT2D eigenvalue weighted by atomic mass is 9.74. The Kier molecular flexibility index (Phi) is 5.48. The third-order valence-electron chi connectivity index (χ3n) is 6.52. The lowest BCUT2D eigenvalue weighted by molar-refractivity contribution is -0.131. The SMILES string of the molecule is CN1C(=O)[C@@](CCC2CCCCC2)(C[C@H]2CCC[C@@H](N)C2)N=C1N. The minimum Gasteiger partial charge on any atom is -0.369 e. The molecule has 1 amide bonds. The van der Waals surface area contributed by atoms with Crippen LogP contribution in [0.1, 0.15) is 77.0 Å². The first-order valence-corrected chi connectivity index (χ1v) is 9.89. The maximum Gasteiger partial charge on any atom is 0.257 e. The van der Waals surface area contributed by atoms with Crippen molar-refractivity contribution >= 4 is 11.9 Å². The molecular formula is C19H34N4O. The molecule has 1 heterocycles. The Balaban J connectivity index is 1.70. The standard InChI is InChI=1S/C19H34N4O/c1-23-17(24)19(22-18(23)21,11-10-14-6-3-2-4-7-14)13-15-8-5-9-16(20)12-15/h14-16H,2-13,20H2,1H3,(H2,21,22)/t15-,16+,19+/m0/s1. The molecule has 0 unspecified atom stereocenters. The summed E-state index contributed by atoms with van der Waals surface area (Å²) >= 11 is 0. The first-order valence-electron chi connectivity index (χ1n) is 9.89. The maximum atomic E-state index is 13.0. The zero-order valence-electron chi connectivity index (χ0n) is 15.2. The molecule has 2 aliphatic carbocycles. The highest BCUT2D eigenvalue weighted by atomic mass is 16.2. The molecule has 4 N–H and O–H groups in total. The first-order chi connectivity index (χ1) is 11.5. The number of hydrogen-bond donors (Lipinski definition) is 2. The van der Waals surface area contributed by atoms with Crippen molar-refractivity contribution in [2.45, 2.75) is 88.6 Å². The molecule has 5 heteroatoms. The second-order valence-electron chi connectivity index (χ2n) is 8.41. The lowest BCUT2D eigenvalue weighted by Gasteiger charge is -2.34. The van der Waals surface area contributed by atoms with Crippen LogP contribution in [-0.2, 0) is 4.79 Å². The zero-order chi connectivity index (χ0) is 17.2. The number of rotatable bonds is 5. The fraction of sp³-hybridized carbons (Fsp3) is 0.895. The Morgan fingerprint density at radius 1 is 1.12 bits per heavy atom. The molecule has 3 rings (SSSR count). The molecule has 0 saturated heterocycles. The van der Waals surface area contributed by atoms with Gasteiger partial charge in [0.25, 0.3) is 5.91 Å². The van der Waals surface area contributed by atoms with Crippen molar-refractivity contribution in [3.8, 4) is 0 Å². The Labute approximate surface area is 146 Å². The first kappa shape index (κ1) is 17.7. The van der Waals surface area contributed by atoms with Gasteiger partial charge in [0, 0.05) is 13.1 Å². The van der Waals surface area contributed by atoms with Gasteiger partial charge in [-0.1, -0.05) is 44.9 Å². The van der Waals surface area contributed by atoms with Gasteiger partial charge in [0.15, 0.2) is 5.96 Å². The fourth-order valence-corrected chi connectivity index (χ4v) is 5.07. The van der Waals surface area contributed by atoms with Crippen molar-refractivity contribution < 1.29 is 4.79 Å². The van der Waals surface area contributed by atoms with Crippen LogP contribution in [0.15, 0.2) is 4.99 Å². The Morgan fingerprint density at radius 2 is 1.83 bits per heavy atom. The second-order valence-corrected chi connectivity index (χ2v) is 8.41. The number of hydrogen-bond acceptors (Lipinski definition) is 4. The summed E-state index contributed by atoms with van der Waals surface area (Å²) in [6, 6.07) is 0.287. The Hall–Kier alpha value is -1.10. The van der Waals surface area contributed by atoms with E-state index in [-0.39, 0.29) is 11.9 Å². The van der Waals surface area contributed by atoms with E-state index in [2.05, 4.69) is 0 Å². The molecule has 0 radical (unpaired) electrons. The molecule has 0 bridgehead atoms. The summed E-state index contributed by atoms with van der Waals surface area (Å²) in [4.78, 5) is 19.2. The number of nitrogens with two attached hydrogens (primary N) is 2. The minimum absolute atomic E-state index is 0.106. The minimum atomic E-state index is -0.613. The molecule has 2 saturated carbocycles. The van der Waals surface area contributed by atoms with Crippen LogP contribution in [0.5, 0.6) is 0 Å². The molecule has 136 valence electrons. The topological polar surface area (TPSA) is 84.7 Å². The quantitative estimate of drug-likeness (QED) is 0.810. The van der Waals surface area contributed by atoms with E-state index in [1.807, 2.05) is 0 Å². The second kappa shape index (κ2) is 7.42. The summed E-state index contributed by atoms with van der Waals surface area (Å²) in [6.45, 7) is 0. The molecule has 5 nitrogen and oxygen atoms in total. The van der Waals surface area contributed by atoms with E-state index in [0.717, 1.165) is 38.0 Å². The van der Waals surface area contributed by atoms with Crippen LogP contribution in [0.25, 0.3) is 0 Å². The van der Waals surface area contributed by atoms with Crippen molar-refractivity contribution in [1.82, 2.24) is 4.90 Å². The molecule has 0 aromatic heterocycles. The molecule has 2 fully saturated rings. The predicted octanol–water partition coefficient (Wildman–Crippen LogP) is 2.78. The van der Waals surface area contributed by atoms with Gasteiger partial charge in [0.05, 0.1) is 0 Å². The lowest BCUT2D eigenvalue weighted by Crippen LogP contribution is -2.44. The van der Waals surface area contributed by atoms with Gasteiger partial charge < -0.3 is 11.5 Å². The van der Waals surface area contributed by atoms with Crippen molar-refractivity contribution in [2.75, 3.05) is 7.05 Å². The van der Waals surface area contributed by atoms with E-state index in [4.69, 9.17) is 16.5 Å². The van der Waals surface area contributed by atoms with Crippen molar-refractivity contribution in [2.24, 2.45) is 28.3 Å². The molecule has 3 atom stereocenters. The van der Waals surface area contributed by atoms with Crippen LogP contribution < -0.4 is 11.5 Å². The third-order valence-corrected chi connectivity index (χ3v) is 6.52. The highest BCUT2D eigenvalue weighted by Gasteiger charge is 2.47. The number of carbonyl (C=O) groups is 1. The van der Waals surface area contributed by atoms with Gasteiger partial charge in [-0.25, -0.2) is 4.99 Å². The van der Waals surface area contributed by atoms with Crippen LogP contribution >= 0.6 is 0 Å². The van der Waals surface area contributed by atoms with Gasteiger partial charge in [-0.15, -0.1) is 0 Å². The monoisotopic (exact) mass is 334 g/mol. The van der Waals surface area contributed by atoms with E-state index in [0.29, 0.717) is 11.9 Å². The highest BCUT2D eigenvalue weighted by Crippen LogP contribution is 2.40. The van der Waals surface area contributed by atoms with Crippen molar-refractivity contribution in [3.63, 3.8) is 0 Å². The Bertz CT molecular complexity index is 486. The molecule has 0 aromatic carbocycles. The smallest absolute Gasteiger partial charge is 0.257 e. The van der Waals surface area contributed by atoms with Gasteiger partial charge >= 0.3 is 0 Å². The molecule has 1 aliphatic heterocycles. The van der Waals surface area contributed by atoms with Gasteiger partial charge in [-0.3, -0.25) is 9.69 Å². The number of nitrogens with zero attached hydrogens (tertiary/aromatic N) is 2. The van der Waals surface area contributed by atoms with E-state index < -0.39 is 5.54 Å². The average Bonchev–Trinajstić information content (AvgIpc) is 2.78. The number of amides is 1. The van der Waals surface area contributed by atoms with Gasteiger partial charge in [0.2, 0.25) is 0 Å². The van der Waals surface area contributed by atoms with Crippen molar-refractivity contribution in [1.29, 1.82) is 0 Å². The van der Waals surface area contributed by atoms with E-state index >= 15 is 0 Å². The maximum absolute atomic E-state index is 13.0. The summed E-state index contributed by atoms with van der Waals surface area (Å²) in [5.74, 6) is 1.77. The van der Waals surface area contributed by atoms with Crippen LogP contribution in [0.3, 0.4) is 0 Å².